The van der Waals surface area contributed by atoms with Crippen LogP contribution in [0.1, 0.15) is 0 Å². The molecule has 122 valence electrons. The van der Waals surface area contributed by atoms with E-state index in [-0.39, 0.29) is 0 Å². The fraction of sp³-hybridized carbons (Fsp3) is 0.100. The molecular formula is C20H15FN4. The molecule has 0 N–H and O–H groups in total. The molecule has 0 fully saturated rings. The van der Waals surface area contributed by atoms with Gasteiger partial charge < -0.3 is 4.57 Å². The minimum Gasteiger partial charge on any atom is -0.321 e. The molecule has 0 saturated heterocycles. The van der Waals surface area contributed by atoms with Crippen molar-refractivity contribution in [1.82, 2.24) is 18.9 Å². The number of rotatable bonds is 3. The Morgan fingerprint density at radius 1 is 0.840 bits per heavy atom. The molecule has 0 amide bonds. The molecule has 2 aromatic carbocycles. The van der Waals surface area contributed by atoms with Crippen molar-refractivity contribution < 1.29 is 4.39 Å². The summed E-state index contributed by atoms with van der Waals surface area (Å²) in [6, 6.07) is 19.9. The Hall–Kier alpha value is -3.21. The maximum absolute atomic E-state index is 13.1. The van der Waals surface area contributed by atoms with Gasteiger partial charge in [-0.25, -0.2) is 14.4 Å². The maximum atomic E-state index is 13.1. The number of halogens is 1. The smallest absolute Gasteiger partial charge is 0.141 e. The third kappa shape index (κ3) is 2.12. The van der Waals surface area contributed by atoms with E-state index in [4.69, 9.17) is 4.98 Å². The zero-order chi connectivity index (χ0) is 16.8. The standard InChI is InChI=1S/C20H15FN4/c21-10-12-25-17-6-2-1-5-15(17)23-20(25)14-8-9-16-18(13-14)24-11-4-3-7-19(24)22-16/h1-9,11,13H,10,12H2. The molecule has 0 aliphatic carbocycles. The van der Waals surface area contributed by atoms with E-state index >= 15 is 0 Å². The van der Waals surface area contributed by atoms with Crippen molar-refractivity contribution in [2.24, 2.45) is 0 Å². The van der Waals surface area contributed by atoms with Crippen molar-refractivity contribution in [3.63, 3.8) is 0 Å². The molecule has 0 atom stereocenters. The van der Waals surface area contributed by atoms with E-state index in [0.29, 0.717) is 6.54 Å². The first-order chi connectivity index (χ1) is 12.3. The summed E-state index contributed by atoms with van der Waals surface area (Å²) >= 11 is 0. The number of imidazole rings is 2. The van der Waals surface area contributed by atoms with Crippen molar-refractivity contribution in [1.29, 1.82) is 0 Å². The van der Waals surface area contributed by atoms with E-state index in [1.807, 2.05) is 65.4 Å². The van der Waals surface area contributed by atoms with E-state index in [1.165, 1.54) is 0 Å². The van der Waals surface area contributed by atoms with Crippen LogP contribution in [0, 0.1) is 0 Å². The van der Waals surface area contributed by atoms with Gasteiger partial charge in [0.25, 0.3) is 0 Å². The lowest BCUT2D eigenvalue weighted by Crippen LogP contribution is -2.02. The van der Waals surface area contributed by atoms with Crippen LogP contribution in [0.5, 0.6) is 0 Å². The number of para-hydroxylation sites is 2. The summed E-state index contributed by atoms with van der Waals surface area (Å²) in [7, 11) is 0. The Bertz CT molecular complexity index is 1220. The third-order valence-electron chi connectivity index (χ3n) is 4.53. The summed E-state index contributed by atoms with van der Waals surface area (Å²) in [4.78, 5) is 9.37. The first-order valence-electron chi connectivity index (χ1n) is 8.23. The highest BCUT2D eigenvalue weighted by molar-refractivity contribution is 5.87. The van der Waals surface area contributed by atoms with Crippen LogP contribution in [0.25, 0.3) is 39.1 Å². The molecule has 0 bridgehead atoms. The van der Waals surface area contributed by atoms with Gasteiger partial charge in [-0.2, -0.15) is 0 Å². The van der Waals surface area contributed by atoms with Crippen LogP contribution in [0.2, 0.25) is 0 Å². The number of fused-ring (bicyclic) bond motifs is 4. The van der Waals surface area contributed by atoms with E-state index in [2.05, 4.69) is 15.5 Å². The molecular weight excluding hydrogens is 315 g/mol. The Labute approximate surface area is 143 Å². The second kappa shape index (κ2) is 5.41. The minimum absolute atomic E-state index is 0.293. The Balaban J connectivity index is 1.79. The lowest BCUT2D eigenvalue weighted by atomic mass is 10.2. The molecule has 0 unspecified atom stereocenters. The molecule has 5 heteroatoms. The zero-order valence-electron chi connectivity index (χ0n) is 13.4. The van der Waals surface area contributed by atoms with Gasteiger partial charge in [0.2, 0.25) is 0 Å². The fourth-order valence-corrected chi connectivity index (χ4v) is 3.41. The highest BCUT2D eigenvalue weighted by atomic mass is 19.1. The first-order valence-corrected chi connectivity index (χ1v) is 8.23. The maximum Gasteiger partial charge on any atom is 0.141 e. The van der Waals surface area contributed by atoms with Crippen LogP contribution in [-0.2, 0) is 6.54 Å². The number of pyridine rings is 1. The van der Waals surface area contributed by atoms with Crippen LogP contribution in [0.15, 0.2) is 66.9 Å². The highest BCUT2D eigenvalue weighted by Crippen LogP contribution is 2.28. The first kappa shape index (κ1) is 14.2. The topological polar surface area (TPSA) is 35.1 Å². The Morgan fingerprint density at radius 3 is 2.60 bits per heavy atom. The number of alkyl halides is 1. The van der Waals surface area contributed by atoms with Crippen LogP contribution in [0.3, 0.4) is 0 Å². The summed E-state index contributed by atoms with van der Waals surface area (Å²) in [5, 5.41) is 0. The van der Waals surface area contributed by atoms with Crippen molar-refractivity contribution in [3.8, 4) is 11.4 Å². The van der Waals surface area contributed by atoms with Crippen LogP contribution in [-0.4, -0.2) is 25.6 Å². The van der Waals surface area contributed by atoms with Gasteiger partial charge in [-0.1, -0.05) is 18.2 Å². The van der Waals surface area contributed by atoms with Crippen molar-refractivity contribution in [2.45, 2.75) is 6.54 Å². The third-order valence-corrected chi connectivity index (χ3v) is 4.53. The highest BCUT2D eigenvalue weighted by Gasteiger charge is 2.14. The minimum atomic E-state index is -0.425. The fourth-order valence-electron chi connectivity index (χ4n) is 3.41. The van der Waals surface area contributed by atoms with Gasteiger partial charge in [0.05, 0.1) is 28.6 Å². The number of nitrogens with zero attached hydrogens (tertiary/aromatic N) is 4. The lowest BCUT2D eigenvalue weighted by molar-refractivity contribution is 0.451. The molecule has 3 aromatic heterocycles. The lowest BCUT2D eigenvalue weighted by Gasteiger charge is -2.07. The van der Waals surface area contributed by atoms with Gasteiger partial charge in [-0.3, -0.25) is 4.40 Å². The largest absolute Gasteiger partial charge is 0.321 e. The van der Waals surface area contributed by atoms with Crippen molar-refractivity contribution in [3.05, 3.63) is 66.9 Å². The predicted molar refractivity (Wildman–Crippen MR) is 97.4 cm³/mol. The van der Waals surface area contributed by atoms with Crippen LogP contribution >= 0.6 is 0 Å². The SMILES string of the molecule is FCCn1c(-c2ccc3nc4ccccn4c3c2)nc2ccccc21. The number of aryl methyl sites for hydroxylation is 1. The zero-order valence-corrected chi connectivity index (χ0v) is 13.4. The molecule has 0 aliphatic heterocycles. The van der Waals surface area contributed by atoms with E-state index in [9.17, 15) is 4.39 Å². The summed E-state index contributed by atoms with van der Waals surface area (Å²) in [6.45, 7) is -0.133. The van der Waals surface area contributed by atoms with Gasteiger partial charge in [0.15, 0.2) is 0 Å². The van der Waals surface area contributed by atoms with E-state index < -0.39 is 6.67 Å². The molecule has 5 aromatic rings. The molecule has 0 saturated carbocycles. The predicted octanol–water partition coefficient (Wildman–Crippen LogP) is 4.47. The Kier molecular flexibility index (Phi) is 3.06. The van der Waals surface area contributed by atoms with E-state index in [0.717, 1.165) is 39.1 Å². The molecule has 0 radical (unpaired) electrons. The second-order valence-electron chi connectivity index (χ2n) is 6.01. The van der Waals surface area contributed by atoms with Crippen LogP contribution < -0.4 is 0 Å². The number of hydrogen-bond donors (Lipinski definition) is 0. The van der Waals surface area contributed by atoms with Crippen molar-refractivity contribution >= 4 is 27.7 Å². The van der Waals surface area contributed by atoms with E-state index in [1.54, 1.807) is 0 Å². The monoisotopic (exact) mass is 330 g/mol. The molecule has 25 heavy (non-hydrogen) atoms. The quantitative estimate of drug-likeness (QED) is 0.489. The summed E-state index contributed by atoms with van der Waals surface area (Å²) in [5.41, 5.74) is 5.65. The van der Waals surface area contributed by atoms with Crippen molar-refractivity contribution in [2.75, 3.05) is 6.67 Å². The van der Waals surface area contributed by atoms with Gasteiger partial charge >= 0.3 is 0 Å². The Morgan fingerprint density at radius 2 is 1.68 bits per heavy atom. The van der Waals surface area contributed by atoms with Gasteiger partial charge in [0, 0.05) is 11.8 Å². The molecule has 5 rings (SSSR count). The number of hydrogen-bond acceptors (Lipinski definition) is 2. The average molecular weight is 330 g/mol. The molecule has 3 heterocycles. The number of benzene rings is 2. The molecule has 0 aliphatic rings. The molecule has 0 spiro atoms. The normalized spacial score (nSPS) is 11.7. The molecule has 4 nitrogen and oxygen atoms in total. The van der Waals surface area contributed by atoms with Crippen LogP contribution in [0.4, 0.5) is 4.39 Å². The summed E-state index contributed by atoms with van der Waals surface area (Å²) in [6.07, 6.45) is 2.00. The summed E-state index contributed by atoms with van der Waals surface area (Å²) < 4.78 is 17.1. The van der Waals surface area contributed by atoms with Gasteiger partial charge in [0.1, 0.15) is 18.1 Å². The van der Waals surface area contributed by atoms with Gasteiger partial charge in [-0.15, -0.1) is 0 Å². The number of aromatic nitrogens is 4. The second-order valence-corrected chi connectivity index (χ2v) is 6.01. The van der Waals surface area contributed by atoms with Gasteiger partial charge in [-0.05, 0) is 42.5 Å². The summed E-state index contributed by atoms with van der Waals surface area (Å²) in [5.74, 6) is 0.784. The average Bonchev–Trinajstić information content (AvgIpc) is 3.20.